The van der Waals surface area contributed by atoms with E-state index in [1.165, 1.54) is 0 Å². The third kappa shape index (κ3) is 3.64. The number of carbonyl (C=O) groups is 1. The molecule has 1 fully saturated rings. The fraction of sp³-hybridized carbons (Fsp3) is 0.900. The van der Waals surface area contributed by atoms with E-state index in [1.807, 2.05) is 6.92 Å². The molecule has 4 heteroatoms. The molecule has 1 aliphatic rings. The van der Waals surface area contributed by atoms with Crippen LogP contribution in [0.2, 0.25) is 0 Å². The average molecular weight is 200 g/mol. The van der Waals surface area contributed by atoms with Gasteiger partial charge in [0.1, 0.15) is 0 Å². The summed E-state index contributed by atoms with van der Waals surface area (Å²) in [5.41, 5.74) is 5.59. The Morgan fingerprint density at radius 2 is 2.50 bits per heavy atom. The molecule has 1 aliphatic heterocycles. The van der Waals surface area contributed by atoms with Crippen molar-refractivity contribution >= 4 is 5.91 Å². The van der Waals surface area contributed by atoms with Crippen LogP contribution in [-0.4, -0.2) is 31.7 Å². The molecule has 0 bridgehead atoms. The van der Waals surface area contributed by atoms with Gasteiger partial charge in [-0.25, -0.2) is 0 Å². The first-order valence-electron chi connectivity index (χ1n) is 5.35. The largest absolute Gasteiger partial charge is 0.381 e. The van der Waals surface area contributed by atoms with Gasteiger partial charge in [0, 0.05) is 13.2 Å². The molecule has 82 valence electrons. The number of nitrogens with two attached hydrogens (primary N) is 1. The monoisotopic (exact) mass is 200 g/mol. The van der Waals surface area contributed by atoms with E-state index in [2.05, 4.69) is 5.32 Å². The van der Waals surface area contributed by atoms with Gasteiger partial charge in [0.15, 0.2) is 0 Å². The first-order valence-corrected chi connectivity index (χ1v) is 5.35. The van der Waals surface area contributed by atoms with Crippen LogP contribution in [-0.2, 0) is 9.53 Å². The Balaban J connectivity index is 2.15. The average Bonchev–Trinajstić information content (AvgIpc) is 2.26. The smallest absolute Gasteiger partial charge is 0.236 e. The van der Waals surface area contributed by atoms with Gasteiger partial charge < -0.3 is 15.8 Å². The summed E-state index contributed by atoms with van der Waals surface area (Å²) in [5, 5.41) is 2.86. The molecule has 0 spiro atoms. The van der Waals surface area contributed by atoms with Crippen LogP contribution < -0.4 is 11.1 Å². The summed E-state index contributed by atoms with van der Waals surface area (Å²) >= 11 is 0. The molecular weight excluding hydrogens is 180 g/mol. The summed E-state index contributed by atoms with van der Waals surface area (Å²) in [6.07, 6.45) is 2.93. The van der Waals surface area contributed by atoms with Crippen molar-refractivity contribution in [3.8, 4) is 0 Å². The van der Waals surface area contributed by atoms with Gasteiger partial charge in [-0.2, -0.15) is 0 Å². The molecule has 2 unspecified atom stereocenters. The quantitative estimate of drug-likeness (QED) is 0.684. The van der Waals surface area contributed by atoms with Crippen molar-refractivity contribution in [2.75, 3.05) is 19.8 Å². The SMILES string of the molecule is CCC(N)C(=O)NCC1CCCOC1. The fourth-order valence-corrected chi connectivity index (χ4v) is 1.53. The van der Waals surface area contributed by atoms with Crippen molar-refractivity contribution in [1.29, 1.82) is 0 Å². The van der Waals surface area contributed by atoms with Crippen LogP contribution in [0.3, 0.4) is 0 Å². The molecule has 4 nitrogen and oxygen atoms in total. The summed E-state index contributed by atoms with van der Waals surface area (Å²) in [5.74, 6) is 0.426. The minimum Gasteiger partial charge on any atom is -0.381 e. The third-order valence-electron chi connectivity index (χ3n) is 2.60. The lowest BCUT2D eigenvalue weighted by molar-refractivity contribution is -0.122. The van der Waals surface area contributed by atoms with Crippen LogP contribution >= 0.6 is 0 Å². The van der Waals surface area contributed by atoms with E-state index in [0.29, 0.717) is 18.9 Å². The molecular formula is C10H20N2O2. The number of amides is 1. The maximum absolute atomic E-state index is 11.3. The van der Waals surface area contributed by atoms with Gasteiger partial charge in [0.25, 0.3) is 0 Å². The van der Waals surface area contributed by atoms with E-state index in [4.69, 9.17) is 10.5 Å². The zero-order valence-electron chi connectivity index (χ0n) is 8.79. The number of carbonyl (C=O) groups excluding carboxylic acids is 1. The highest BCUT2D eigenvalue weighted by molar-refractivity contribution is 5.81. The molecule has 0 radical (unpaired) electrons. The fourth-order valence-electron chi connectivity index (χ4n) is 1.53. The van der Waals surface area contributed by atoms with Gasteiger partial charge in [-0.05, 0) is 25.2 Å². The Kier molecular flexibility index (Phi) is 4.90. The number of hydrogen-bond donors (Lipinski definition) is 2. The van der Waals surface area contributed by atoms with E-state index < -0.39 is 0 Å². The van der Waals surface area contributed by atoms with Gasteiger partial charge in [0.2, 0.25) is 5.91 Å². The van der Waals surface area contributed by atoms with E-state index in [9.17, 15) is 4.79 Å². The number of hydrogen-bond acceptors (Lipinski definition) is 3. The van der Waals surface area contributed by atoms with Crippen molar-refractivity contribution in [3.05, 3.63) is 0 Å². The maximum Gasteiger partial charge on any atom is 0.236 e. The van der Waals surface area contributed by atoms with Crippen molar-refractivity contribution in [2.24, 2.45) is 11.7 Å². The van der Waals surface area contributed by atoms with Crippen molar-refractivity contribution in [2.45, 2.75) is 32.2 Å². The number of nitrogens with one attached hydrogen (secondary N) is 1. The van der Waals surface area contributed by atoms with Crippen molar-refractivity contribution < 1.29 is 9.53 Å². The van der Waals surface area contributed by atoms with Crippen LogP contribution in [0.4, 0.5) is 0 Å². The molecule has 0 aromatic heterocycles. The molecule has 0 aliphatic carbocycles. The zero-order chi connectivity index (χ0) is 10.4. The predicted molar refractivity (Wildman–Crippen MR) is 54.8 cm³/mol. The first-order chi connectivity index (χ1) is 6.74. The van der Waals surface area contributed by atoms with Crippen LogP contribution in [0.15, 0.2) is 0 Å². The summed E-state index contributed by atoms with van der Waals surface area (Å²) in [6, 6.07) is -0.362. The third-order valence-corrected chi connectivity index (χ3v) is 2.60. The highest BCUT2D eigenvalue weighted by Gasteiger charge is 2.16. The minimum absolute atomic E-state index is 0.0435. The molecule has 0 aromatic rings. The zero-order valence-corrected chi connectivity index (χ0v) is 8.79. The van der Waals surface area contributed by atoms with Crippen molar-refractivity contribution in [1.82, 2.24) is 5.32 Å². The normalized spacial score (nSPS) is 24.3. The number of ether oxygens (including phenoxy) is 1. The molecule has 1 rings (SSSR count). The highest BCUT2D eigenvalue weighted by Crippen LogP contribution is 2.11. The second-order valence-electron chi connectivity index (χ2n) is 3.84. The van der Waals surface area contributed by atoms with Gasteiger partial charge in [-0.1, -0.05) is 6.92 Å². The second kappa shape index (κ2) is 5.98. The second-order valence-corrected chi connectivity index (χ2v) is 3.84. The summed E-state index contributed by atoms with van der Waals surface area (Å²) in [7, 11) is 0. The molecule has 2 atom stereocenters. The summed E-state index contributed by atoms with van der Waals surface area (Å²) in [6.45, 7) is 4.24. The Labute approximate surface area is 85.2 Å². The molecule has 1 amide bonds. The Morgan fingerprint density at radius 1 is 1.71 bits per heavy atom. The van der Waals surface area contributed by atoms with Crippen LogP contribution in [0, 0.1) is 5.92 Å². The number of rotatable bonds is 4. The topological polar surface area (TPSA) is 64.4 Å². The minimum atomic E-state index is -0.362. The molecule has 1 heterocycles. The molecule has 3 N–H and O–H groups in total. The summed E-state index contributed by atoms with van der Waals surface area (Å²) in [4.78, 5) is 11.3. The van der Waals surface area contributed by atoms with Crippen LogP contribution in [0.25, 0.3) is 0 Å². The van der Waals surface area contributed by atoms with Gasteiger partial charge >= 0.3 is 0 Å². The highest BCUT2D eigenvalue weighted by atomic mass is 16.5. The predicted octanol–water partition coefficient (Wildman–Crippen LogP) is 0.267. The standard InChI is InChI=1S/C10H20N2O2/c1-2-9(11)10(13)12-6-8-4-3-5-14-7-8/h8-9H,2-7,11H2,1H3,(H,12,13). The van der Waals surface area contributed by atoms with E-state index in [0.717, 1.165) is 26.1 Å². The maximum atomic E-state index is 11.3. The molecule has 14 heavy (non-hydrogen) atoms. The molecule has 0 saturated carbocycles. The Morgan fingerprint density at radius 3 is 3.07 bits per heavy atom. The van der Waals surface area contributed by atoms with Gasteiger partial charge in [-0.15, -0.1) is 0 Å². The Hall–Kier alpha value is -0.610. The van der Waals surface area contributed by atoms with Crippen LogP contribution in [0.5, 0.6) is 0 Å². The van der Waals surface area contributed by atoms with E-state index in [-0.39, 0.29) is 11.9 Å². The lowest BCUT2D eigenvalue weighted by atomic mass is 10.0. The van der Waals surface area contributed by atoms with Gasteiger partial charge in [0.05, 0.1) is 12.6 Å². The van der Waals surface area contributed by atoms with E-state index >= 15 is 0 Å². The first kappa shape index (κ1) is 11.5. The van der Waals surface area contributed by atoms with E-state index in [1.54, 1.807) is 0 Å². The van der Waals surface area contributed by atoms with Crippen LogP contribution in [0.1, 0.15) is 26.2 Å². The van der Waals surface area contributed by atoms with Gasteiger partial charge in [-0.3, -0.25) is 4.79 Å². The molecule has 0 aromatic carbocycles. The molecule has 1 saturated heterocycles. The summed E-state index contributed by atoms with van der Waals surface area (Å²) < 4.78 is 5.32. The lowest BCUT2D eigenvalue weighted by Gasteiger charge is -2.22. The lowest BCUT2D eigenvalue weighted by Crippen LogP contribution is -2.43. The van der Waals surface area contributed by atoms with Crippen molar-refractivity contribution in [3.63, 3.8) is 0 Å². The Bertz CT molecular complexity index is 179.